The number of hydrogen-bond donors (Lipinski definition) is 0. The van der Waals surface area contributed by atoms with E-state index in [0.717, 1.165) is 11.1 Å². The van der Waals surface area contributed by atoms with Crippen molar-refractivity contribution in [2.24, 2.45) is 0 Å². The molecule has 2 aromatic rings. The Morgan fingerprint density at radius 1 is 0.500 bits per heavy atom. The predicted octanol–water partition coefficient (Wildman–Crippen LogP) is 4.32. The maximum atomic E-state index is 3.97. The van der Waals surface area contributed by atoms with E-state index < -0.39 is 0 Å². The van der Waals surface area contributed by atoms with E-state index in [2.05, 4.69) is 9.97 Å². The van der Waals surface area contributed by atoms with Gasteiger partial charge in [-0.25, -0.2) is 0 Å². The molecular formula is C18H16N2. The number of hydrogen-bond acceptors (Lipinski definition) is 2. The van der Waals surface area contributed by atoms with Crippen LogP contribution in [0.5, 0.6) is 0 Å². The Balaban J connectivity index is 1.77. The maximum absolute atomic E-state index is 3.97. The van der Waals surface area contributed by atoms with Crippen LogP contribution < -0.4 is 0 Å². The predicted molar refractivity (Wildman–Crippen MR) is 84.8 cm³/mol. The summed E-state index contributed by atoms with van der Waals surface area (Å²) in [5, 5.41) is 0. The molecule has 0 bridgehead atoms. The second-order valence-corrected chi connectivity index (χ2v) is 4.05. The normalized spacial score (nSPS) is 12.2. The van der Waals surface area contributed by atoms with Crippen molar-refractivity contribution < 1.29 is 0 Å². The largest absolute Gasteiger partial charge is 0.265 e. The highest BCUT2D eigenvalue weighted by Crippen LogP contribution is 2.00. The van der Waals surface area contributed by atoms with Gasteiger partial charge in [0.1, 0.15) is 0 Å². The lowest BCUT2D eigenvalue weighted by molar-refractivity contribution is 1.32. The summed E-state index contributed by atoms with van der Waals surface area (Å²) in [6.07, 6.45) is 23.2. The fraction of sp³-hybridized carbons (Fsp3) is 0. The minimum atomic E-state index is 1.14. The lowest BCUT2D eigenvalue weighted by Gasteiger charge is -1.88. The average molecular weight is 260 g/mol. The standard InChI is InChI=1S/C18H16N2/c1(3-5-7-17-9-13-19-14-10-17)2-4-6-8-18-11-15-20-16-12-18/h1-16H. The molecule has 2 rings (SSSR count). The van der Waals surface area contributed by atoms with Crippen LogP contribution >= 0.6 is 0 Å². The van der Waals surface area contributed by atoms with E-state index in [4.69, 9.17) is 0 Å². The van der Waals surface area contributed by atoms with Crippen LogP contribution in [-0.4, -0.2) is 9.97 Å². The van der Waals surface area contributed by atoms with Gasteiger partial charge in [0.2, 0.25) is 0 Å². The quantitative estimate of drug-likeness (QED) is 0.748. The SMILES string of the molecule is C(C=CC=Cc1ccncc1)=CC=Cc1ccncc1. The van der Waals surface area contributed by atoms with Gasteiger partial charge < -0.3 is 0 Å². The first kappa shape index (κ1) is 13.7. The Labute approximate surface area is 119 Å². The minimum absolute atomic E-state index is 1.14. The first-order valence-corrected chi connectivity index (χ1v) is 6.43. The van der Waals surface area contributed by atoms with E-state index in [1.165, 1.54) is 0 Å². The fourth-order valence-corrected chi connectivity index (χ4v) is 1.54. The molecule has 0 radical (unpaired) electrons. The molecule has 0 aromatic carbocycles. The summed E-state index contributed by atoms with van der Waals surface area (Å²) >= 11 is 0. The zero-order chi connectivity index (χ0) is 13.9. The highest BCUT2D eigenvalue weighted by Gasteiger charge is 1.81. The molecule has 0 saturated carbocycles. The molecular weight excluding hydrogens is 244 g/mol. The van der Waals surface area contributed by atoms with Gasteiger partial charge in [0.15, 0.2) is 0 Å². The molecule has 0 unspecified atom stereocenters. The molecule has 2 nitrogen and oxygen atoms in total. The molecule has 0 aliphatic carbocycles. The van der Waals surface area contributed by atoms with Crippen LogP contribution in [0.1, 0.15) is 11.1 Å². The van der Waals surface area contributed by atoms with Crippen LogP contribution in [0.4, 0.5) is 0 Å². The highest BCUT2D eigenvalue weighted by molar-refractivity contribution is 5.51. The molecule has 0 aliphatic rings. The van der Waals surface area contributed by atoms with Gasteiger partial charge in [-0.1, -0.05) is 48.6 Å². The Morgan fingerprint density at radius 3 is 1.25 bits per heavy atom. The lowest BCUT2D eigenvalue weighted by Crippen LogP contribution is -1.71. The fourth-order valence-electron chi connectivity index (χ4n) is 1.54. The molecule has 0 aliphatic heterocycles. The van der Waals surface area contributed by atoms with Crippen LogP contribution in [0.2, 0.25) is 0 Å². The topological polar surface area (TPSA) is 25.8 Å². The van der Waals surface area contributed by atoms with Gasteiger partial charge in [0.05, 0.1) is 0 Å². The zero-order valence-electron chi connectivity index (χ0n) is 11.1. The second kappa shape index (κ2) is 8.38. The van der Waals surface area contributed by atoms with Crippen LogP contribution in [0.3, 0.4) is 0 Å². The number of aromatic nitrogens is 2. The van der Waals surface area contributed by atoms with Crippen molar-refractivity contribution in [3.05, 3.63) is 96.6 Å². The van der Waals surface area contributed by atoms with Gasteiger partial charge in [-0.3, -0.25) is 9.97 Å². The summed E-state index contributed by atoms with van der Waals surface area (Å²) in [7, 11) is 0. The van der Waals surface area contributed by atoms with Crippen LogP contribution in [0.15, 0.2) is 85.5 Å². The van der Waals surface area contributed by atoms with Gasteiger partial charge in [0, 0.05) is 24.8 Å². The van der Waals surface area contributed by atoms with Crippen molar-refractivity contribution in [1.29, 1.82) is 0 Å². The molecule has 0 spiro atoms. The second-order valence-electron chi connectivity index (χ2n) is 4.05. The monoisotopic (exact) mass is 260 g/mol. The summed E-state index contributed by atoms with van der Waals surface area (Å²) in [4.78, 5) is 7.95. The van der Waals surface area contributed by atoms with Crippen molar-refractivity contribution >= 4 is 12.2 Å². The Morgan fingerprint density at radius 2 is 0.850 bits per heavy atom. The van der Waals surface area contributed by atoms with Gasteiger partial charge in [-0.2, -0.15) is 0 Å². The Bertz CT molecular complexity index is 551. The van der Waals surface area contributed by atoms with Gasteiger partial charge >= 0.3 is 0 Å². The first-order valence-electron chi connectivity index (χ1n) is 6.43. The van der Waals surface area contributed by atoms with Crippen molar-refractivity contribution in [2.45, 2.75) is 0 Å². The van der Waals surface area contributed by atoms with E-state index in [9.17, 15) is 0 Å². The summed E-state index contributed by atoms with van der Waals surface area (Å²) in [6, 6.07) is 7.88. The molecule has 2 aromatic heterocycles. The molecule has 98 valence electrons. The number of rotatable bonds is 5. The third kappa shape index (κ3) is 5.27. The Hall–Kier alpha value is -2.74. The molecule has 2 heteroatoms. The molecule has 2 heterocycles. The maximum Gasteiger partial charge on any atom is 0.0273 e. The van der Waals surface area contributed by atoms with Crippen molar-refractivity contribution in [1.82, 2.24) is 9.97 Å². The van der Waals surface area contributed by atoms with E-state index >= 15 is 0 Å². The summed E-state index contributed by atoms with van der Waals surface area (Å²) < 4.78 is 0. The third-order valence-electron chi connectivity index (χ3n) is 2.55. The summed E-state index contributed by atoms with van der Waals surface area (Å²) in [6.45, 7) is 0. The molecule has 0 amide bonds. The third-order valence-corrected chi connectivity index (χ3v) is 2.55. The van der Waals surface area contributed by atoms with Crippen molar-refractivity contribution in [2.75, 3.05) is 0 Å². The molecule has 20 heavy (non-hydrogen) atoms. The smallest absolute Gasteiger partial charge is 0.0273 e. The highest BCUT2D eigenvalue weighted by atomic mass is 14.6. The van der Waals surface area contributed by atoms with Gasteiger partial charge in [-0.15, -0.1) is 0 Å². The van der Waals surface area contributed by atoms with E-state index in [1.54, 1.807) is 24.8 Å². The number of pyridine rings is 2. The van der Waals surface area contributed by atoms with Gasteiger partial charge in [0.25, 0.3) is 0 Å². The lowest BCUT2D eigenvalue weighted by atomic mass is 10.2. The van der Waals surface area contributed by atoms with Crippen molar-refractivity contribution in [3.8, 4) is 0 Å². The summed E-state index contributed by atoms with van der Waals surface area (Å²) in [5.41, 5.74) is 2.29. The van der Waals surface area contributed by atoms with E-state index in [1.807, 2.05) is 72.9 Å². The van der Waals surface area contributed by atoms with Crippen LogP contribution in [0.25, 0.3) is 12.2 Å². The molecule has 0 fully saturated rings. The molecule has 0 saturated heterocycles. The molecule has 0 N–H and O–H groups in total. The van der Waals surface area contributed by atoms with Gasteiger partial charge in [-0.05, 0) is 35.4 Å². The average Bonchev–Trinajstić information content (AvgIpc) is 2.52. The number of nitrogens with zero attached hydrogens (tertiary/aromatic N) is 2. The minimum Gasteiger partial charge on any atom is -0.265 e. The number of allylic oxidation sites excluding steroid dienone is 6. The molecule has 0 atom stereocenters. The zero-order valence-corrected chi connectivity index (χ0v) is 11.1. The van der Waals surface area contributed by atoms with Crippen LogP contribution in [0, 0.1) is 0 Å². The first-order chi connectivity index (χ1) is 9.95. The van der Waals surface area contributed by atoms with Crippen molar-refractivity contribution in [3.63, 3.8) is 0 Å². The van der Waals surface area contributed by atoms with Crippen LogP contribution in [-0.2, 0) is 0 Å². The summed E-state index contributed by atoms with van der Waals surface area (Å²) in [5.74, 6) is 0. The van der Waals surface area contributed by atoms with E-state index in [-0.39, 0.29) is 0 Å². The van der Waals surface area contributed by atoms with E-state index in [0.29, 0.717) is 0 Å². The Kier molecular flexibility index (Phi) is 5.73.